The summed E-state index contributed by atoms with van der Waals surface area (Å²) in [6, 6.07) is -0.391. The Kier molecular flexibility index (Phi) is 4.58. The summed E-state index contributed by atoms with van der Waals surface area (Å²) >= 11 is 0. The van der Waals surface area contributed by atoms with Gasteiger partial charge in [-0.25, -0.2) is 13.1 Å². The zero-order valence-electron chi connectivity index (χ0n) is 8.90. The molecule has 0 radical (unpaired) electrons. The van der Waals surface area contributed by atoms with Gasteiger partial charge in [-0.3, -0.25) is 0 Å². The second-order valence-corrected chi connectivity index (χ2v) is 5.59. The second-order valence-electron chi connectivity index (χ2n) is 3.60. The first-order valence-electron chi connectivity index (χ1n) is 5.15. The molecule has 0 saturated carbocycles. The van der Waals surface area contributed by atoms with Gasteiger partial charge in [0.15, 0.2) is 0 Å². The van der Waals surface area contributed by atoms with E-state index < -0.39 is 16.1 Å². The fourth-order valence-corrected chi connectivity index (χ4v) is 3.15. The summed E-state index contributed by atoms with van der Waals surface area (Å²) in [7, 11) is -3.28. The van der Waals surface area contributed by atoms with Crippen molar-refractivity contribution >= 4 is 10.0 Å². The number of hydrogen-bond donors (Lipinski definition) is 1. The average Bonchev–Trinajstić information content (AvgIpc) is 2.27. The molecule has 0 spiro atoms. The predicted octanol–water partition coefficient (Wildman–Crippen LogP) is 0.497. The second kappa shape index (κ2) is 5.50. The monoisotopic (exact) mass is 231 g/mol. The van der Waals surface area contributed by atoms with E-state index in [-0.39, 0.29) is 5.25 Å². The van der Waals surface area contributed by atoms with E-state index in [1.54, 1.807) is 0 Å². The molecule has 0 aromatic rings. The lowest BCUT2D eigenvalue weighted by molar-refractivity contribution is 0.0981. The van der Waals surface area contributed by atoms with Crippen LogP contribution in [0.4, 0.5) is 0 Å². The molecule has 1 saturated heterocycles. The Bertz CT molecular complexity index is 325. The summed E-state index contributed by atoms with van der Waals surface area (Å²) in [5.41, 5.74) is 0. The Hall–Kier alpha value is -0.570. The van der Waals surface area contributed by atoms with Crippen LogP contribution in [0.5, 0.6) is 0 Å². The van der Waals surface area contributed by atoms with Crippen molar-refractivity contribution in [2.75, 3.05) is 13.2 Å². The van der Waals surface area contributed by atoms with E-state index in [2.05, 4.69) is 10.6 Å². The molecule has 1 N–H and O–H groups in total. The molecular weight excluding hydrogens is 214 g/mol. The molecular formula is C10H17NO3S. The Morgan fingerprint density at radius 2 is 2.13 bits per heavy atom. The number of rotatable bonds is 4. The van der Waals surface area contributed by atoms with Gasteiger partial charge in [-0.2, -0.15) is 0 Å². The molecule has 86 valence electrons. The van der Waals surface area contributed by atoms with Crippen LogP contribution in [0.15, 0.2) is 0 Å². The molecule has 0 aromatic heterocycles. The molecule has 1 fully saturated rings. The van der Waals surface area contributed by atoms with E-state index in [0.29, 0.717) is 32.5 Å². The molecule has 1 unspecified atom stereocenters. The Labute approximate surface area is 91.4 Å². The van der Waals surface area contributed by atoms with Crippen molar-refractivity contribution in [1.29, 1.82) is 0 Å². The predicted molar refractivity (Wildman–Crippen MR) is 58.8 cm³/mol. The van der Waals surface area contributed by atoms with Gasteiger partial charge in [0.1, 0.15) is 0 Å². The van der Waals surface area contributed by atoms with Crippen LogP contribution in [0.1, 0.15) is 26.2 Å². The van der Waals surface area contributed by atoms with Gasteiger partial charge in [-0.05, 0) is 19.3 Å². The van der Waals surface area contributed by atoms with Crippen molar-refractivity contribution in [2.24, 2.45) is 0 Å². The minimum Gasteiger partial charge on any atom is -0.381 e. The first-order chi connectivity index (χ1) is 7.10. The molecule has 0 amide bonds. The van der Waals surface area contributed by atoms with Crippen LogP contribution >= 0.6 is 0 Å². The summed E-state index contributed by atoms with van der Waals surface area (Å²) in [5, 5.41) is -0.353. The maximum absolute atomic E-state index is 11.9. The highest BCUT2D eigenvalue weighted by Crippen LogP contribution is 2.15. The van der Waals surface area contributed by atoms with Crippen molar-refractivity contribution in [1.82, 2.24) is 4.72 Å². The van der Waals surface area contributed by atoms with Gasteiger partial charge in [0.05, 0.1) is 11.3 Å². The largest absolute Gasteiger partial charge is 0.381 e. The van der Waals surface area contributed by atoms with Crippen LogP contribution in [0.2, 0.25) is 0 Å². The summed E-state index contributed by atoms with van der Waals surface area (Å²) in [4.78, 5) is 0. The van der Waals surface area contributed by atoms with Gasteiger partial charge in [-0.1, -0.05) is 12.8 Å². The number of ether oxygens (including phenoxy) is 1. The first kappa shape index (κ1) is 12.5. The number of sulfonamides is 1. The summed E-state index contributed by atoms with van der Waals surface area (Å²) < 4.78 is 31.4. The summed E-state index contributed by atoms with van der Waals surface area (Å²) in [5.74, 6) is 2.43. The lowest BCUT2D eigenvalue weighted by Gasteiger charge is -2.23. The van der Waals surface area contributed by atoms with Crippen LogP contribution in [0.3, 0.4) is 0 Å². The molecule has 4 nitrogen and oxygen atoms in total. The molecule has 1 atom stereocenters. The molecule has 1 aliphatic rings. The third-order valence-electron chi connectivity index (χ3n) is 2.52. The fraction of sp³-hybridized carbons (Fsp3) is 0.800. The van der Waals surface area contributed by atoms with Gasteiger partial charge < -0.3 is 4.74 Å². The topological polar surface area (TPSA) is 55.4 Å². The van der Waals surface area contributed by atoms with E-state index in [1.165, 1.54) is 0 Å². The van der Waals surface area contributed by atoms with Crippen molar-refractivity contribution in [2.45, 2.75) is 37.5 Å². The zero-order chi connectivity index (χ0) is 11.3. The van der Waals surface area contributed by atoms with E-state index in [0.717, 1.165) is 0 Å². The Morgan fingerprint density at radius 1 is 1.53 bits per heavy atom. The summed E-state index contributed by atoms with van der Waals surface area (Å²) in [6.07, 6.45) is 6.93. The van der Waals surface area contributed by atoms with E-state index in [1.807, 2.05) is 6.92 Å². The maximum Gasteiger partial charge on any atom is 0.215 e. The van der Waals surface area contributed by atoms with Gasteiger partial charge >= 0.3 is 0 Å². The smallest absolute Gasteiger partial charge is 0.215 e. The maximum atomic E-state index is 11.9. The van der Waals surface area contributed by atoms with E-state index >= 15 is 0 Å². The normalized spacial score (nSPS) is 20.8. The number of nitrogens with one attached hydrogen (secondary N) is 1. The number of hydrogen-bond acceptors (Lipinski definition) is 3. The van der Waals surface area contributed by atoms with Gasteiger partial charge in [0.2, 0.25) is 10.0 Å². The molecule has 5 heteroatoms. The molecule has 1 rings (SSSR count). The minimum absolute atomic E-state index is 0.353. The van der Waals surface area contributed by atoms with Gasteiger partial charge in [0.25, 0.3) is 0 Å². The van der Waals surface area contributed by atoms with E-state index in [4.69, 9.17) is 11.2 Å². The highest BCUT2D eigenvalue weighted by Gasteiger charge is 2.28. The highest BCUT2D eigenvalue weighted by molar-refractivity contribution is 7.90. The summed E-state index contributed by atoms with van der Waals surface area (Å²) in [6.45, 7) is 2.88. The highest BCUT2D eigenvalue weighted by atomic mass is 32.2. The van der Waals surface area contributed by atoms with Gasteiger partial charge in [0, 0.05) is 13.2 Å². The van der Waals surface area contributed by atoms with Crippen LogP contribution < -0.4 is 4.72 Å². The minimum atomic E-state index is -3.28. The van der Waals surface area contributed by atoms with Crippen molar-refractivity contribution in [3.05, 3.63) is 0 Å². The third-order valence-corrected chi connectivity index (χ3v) is 4.49. The lowest BCUT2D eigenvalue weighted by atomic mass is 10.2. The fourth-order valence-electron chi connectivity index (χ4n) is 1.52. The lowest BCUT2D eigenvalue weighted by Crippen LogP contribution is -2.42. The molecule has 1 aliphatic heterocycles. The zero-order valence-corrected chi connectivity index (χ0v) is 9.72. The quantitative estimate of drug-likeness (QED) is 0.717. The molecule has 15 heavy (non-hydrogen) atoms. The SMILES string of the molecule is C#CC(CC)NS(=O)(=O)C1CCOCC1. The van der Waals surface area contributed by atoms with Gasteiger partial charge in [-0.15, -0.1) is 6.42 Å². The number of terminal acetylenes is 1. The van der Waals surface area contributed by atoms with Crippen molar-refractivity contribution in [3.63, 3.8) is 0 Å². The van der Waals surface area contributed by atoms with Crippen molar-refractivity contribution < 1.29 is 13.2 Å². The standard InChI is InChI=1S/C10H17NO3S/c1-3-9(4-2)11-15(12,13)10-5-7-14-8-6-10/h1,9-11H,4-8H2,2H3. The molecule has 0 aromatic carbocycles. The van der Waals surface area contributed by atoms with E-state index in [9.17, 15) is 8.42 Å². The molecule has 1 heterocycles. The molecule has 0 bridgehead atoms. The van der Waals surface area contributed by atoms with Crippen LogP contribution in [0.25, 0.3) is 0 Å². The molecule has 0 aliphatic carbocycles. The Morgan fingerprint density at radius 3 is 2.60 bits per heavy atom. The average molecular weight is 231 g/mol. The van der Waals surface area contributed by atoms with Crippen LogP contribution in [-0.2, 0) is 14.8 Å². The van der Waals surface area contributed by atoms with Crippen LogP contribution in [-0.4, -0.2) is 32.9 Å². The first-order valence-corrected chi connectivity index (χ1v) is 6.69. The third kappa shape index (κ3) is 3.49. The van der Waals surface area contributed by atoms with Crippen molar-refractivity contribution in [3.8, 4) is 12.3 Å². The Balaban J connectivity index is 2.61. The van der Waals surface area contributed by atoms with Crippen LogP contribution in [0, 0.1) is 12.3 Å².